The second kappa shape index (κ2) is 7.85. The zero-order chi connectivity index (χ0) is 13.5. The second-order valence-corrected chi connectivity index (χ2v) is 5.97. The lowest BCUT2D eigenvalue weighted by atomic mass is 9.89. The topological polar surface area (TPSA) is 32.8 Å². The summed E-state index contributed by atoms with van der Waals surface area (Å²) in [5, 5.41) is 0. The van der Waals surface area contributed by atoms with E-state index in [1.807, 2.05) is 0 Å². The molecule has 1 heterocycles. The van der Waals surface area contributed by atoms with E-state index < -0.39 is 0 Å². The number of carbonyl (C=O) groups is 1. The van der Waals surface area contributed by atoms with Gasteiger partial charge in [-0.1, -0.05) is 19.3 Å². The fourth-order valence-corrected chi connectivity index (χ4v) is 3.28. The summed E-state index contributed by atoms with van der Waals surface area (Å²) in [6.07, 6.45) is 7.70. The van der Waals surface area contributed by atoms with E-state index in [2.05, 4.69) is 14.5 Å². The maximum absolute atomic E-state index is 11.1. The third-order valence-corrected chi connectivity index (χ3v) is 4.57. The summed E-state index contributed by atoms with van der Waals surface area (Å²) >= 11 is 0. The van der Waals surface area contributed by atoms with E-state index >= 15 is 0 Å². The molecule has 1 aliphatic heterocycles. The Morgan fingerprint density at radius 1 is 1.05 bits per heavy atom. The molecule has 0 amide bonds. The van der Waals surface area contributed by atoms with E-state index in [0.717, 1.165) is 38.6 Å². The van der Waals surface area contributed by atoms with Gasteiger partial charge in [0.05, 0.1) is 13.5 Å². The first kappa shape index (κ1) is 14.8. The third-order valence-electron chi connectivity index (χ3n) is 4.57. The number of rotatable bonds is 5. The van der Waals surface area contributed by atoms with Crippen LogP contribution < -0.4 is 0 Å². The maximum atomic E-state index is 11.1. The van der Waals surface area contributed by atoms with Crippen molar-refractivity contribution < 1.29 is 9.53 Å². The highest BCUT2D eigenvalue weighted by atomic mass is 16.5. The molecule has 0 aromatic carbocycles. The van der Waals surface area contributed by atoms with Gasteiger partial charge >= 0.3 is 5.97 Å². The Kier molecular flexibility index (Phi) is 6.11. The third kappa shape index (κ3) is 5.11. The molecule has 1 saturated heterocycles. The van der Waals surface area contributed by atoms with E-state index in [1.54, 1.807) is 0 Å². The van der Waals surface area contributed by atoms with Crippen LogP contribution in [0.1, 0.15) is 38.5 Å². The van der Waals surface area contributed by atoms with Crippen LogP contribution in [0.4, 0.5) is 0 Å². The van der Waals surface area contributed by atoms with E-state index in [4.69, 9.17) is 0 Å². The van der Waals surface area contributed by atoms with Crippen LogP contribution >= 0.6 is 0 Å². The van der Waals surface area contributed by atoms with Crippen LogP contribution in [0, 0.1) is 5.92 Å². The van der Waals surface area contributed by atoms with Crippen LogP contribution in [-0.2, 0) is 9.53 Å². The van der Waals surface area contributed by atoms with Gasteiger partial charge in [0.15, 0.2) is 0 Å². The second-order valence-electron chi connectivity index (χ2n) is 5.97. The molecule has 0 atom stereocenters. The Labute approximate surface area is 117 Å². The van der Waals surface area contributed by atoms with Crippen molar-refractivity contribution in [2.75, 3.05) is 46.4 Å². The summed E-state index contributed by atoms with van der Waals surface area (Å²) in [5.74, 6) is 0.847. The molecule has 19 heavy (non-hydrogen) atoms. The highest BCUT2D eigenvalue weighted by molar-refractivity contribution is 5.69. The van der Waals surface area contributed by atoms with Crippen LogP contribution in [0.2, 0.25) is 0 Å². The molecule has 4 nitrogen and oxygen atoms in total. The average Bonchev–Trinajstić information content (AvgIpc) is 2.47. The van der Waals surface area contributed by atoms with E-state index in [0.29, 0.717) is 6.42 Å². The highest BCUT2D eigenvalue weighted by Crippen LogP contribution is 2.24. The van der Waals surface area contributed by atoms with Crippen molar-refractivity contribution in [2.45, 2.75) is 38.5 Å². The molecule has 0 aromatic heterocycles. The molecule has 110 valence electrons. The van der Waals surface area contributed by atoms with Crippen LogP contribution in [-0.4, -0.2) is 62.1 Å². The minimum absolute atomic E-state index is 0.0929. The van der Waals surface area contributed by atoms with Crippen LogP contribution in [0.15, 0.2) is 0 Å². The quantitative estimate of drug-likeness (QED) is 0.711. The van der Waals surface area contributed by atoms with Crippen molar-refractivity contribution in [3.8, 4) is 0 Å². The molecule has 2 rings (SSSR count). The Morgan fingerprint density at radius 2 is 1.68 bits per heavy atom. The molecule has 0 aromatic rings. The van der Waals surface area contributed by atoms with Gasteiger partial charge in [-0.25, -0.2) is 0 Å². The summed E-state index contributed by atoms with van der Waals surface area (Å²) in [6.45, 7) is 6.68. The molecule has 0 spiro atoms. The van der Waals surface area contributed by atoms with E-state index in [1.165, 1.54) is 45.8 Å². The average molecular weight is 268 g/mol. The van der Waals surface area contributed by atoms with Gasteiger partial charge in [0.25, 0.3) is 0 Å². The minimum Gasteiger partial charge on any atom is -0.469 e. The molecular formula is C15H28N2O2. The Morgan fingerprint density at radius 3 is 2.32 bits per heavy atom. The number of esters is 1. The number of hydrogen-bond donors (Lipinski definition) is 0. The monoisotopic (exact) mass is 268 g/mol. The van der Waals surface area contributed by atoms with Gasteiger partial charge in [-0.05, 0) is 18.8 Å². The molecule has 0 radical (unpaired) electrons. The van der Waals surface area contributed by atoms with Gasteiger partial charge in [0.1, 0.15) is 0 Å². The number of ether oxygens (including phenoxy) is 1. The number of hydrogen-bond acceptors (Lipinski definition) is 4. The predicted octanol–water partition coefficient (Wildman–Crippen LogP) is 1.75. The number of piperazine rings is 1. The largest absolute Gasteiger partial charge is 0.469 e. The maximum Gasteiger partial charge on any atom is 0.306 e. The van der Waals surface area contributed by atoms with Gasteiger partial charge in [-0.2, -0.15) is 0 Å². The fourth-order valence-electron chi connectivity index (χ4n) is 3.28. The van der Waals surface area contributed by atoms with Crippen molar-refractivity contribution >= 4 is 5.97 Å². The van der Waals surface area contributed by atoms with Gasteiger partial charge in [0.2, 0.25) is 0 Å². The molecule has 0 unspecified atom stereocenters. The van der Waals surface area contributed by atoms with Crippen molar-refractivity contribution in [3.63, 3.8) is 0 Å². The lowest BCUT2D eigenvalue weighted by Gasteiger charge is -2.37. The molecule has 2 fully saturated rings. The van der Waals surface area contributed by atoms with Crippen LogP contribution in [0.3, 0.4) is 0 Å². The predicted molar refractivity (Wildman–Crippen MR) is 76.1 cm³/mol. The molecule has 0 bridgehead atoms. The molecule has 0 N–H and O–H groups in total. The molecule has 1 aliphatic carbocycles. The smallest absolute Gasteiger partial charge is 0.306 e. The number of methoxy groups -OCH3 is 1. The molecular weight excluding hydrogens is 240 g/mol. The first-order chi connectivity index (χ1) is 9.28. The van der Waals surface area contributed by atoms with Crippen molar-refractivity contribution in [1.82, 2.24) is 9.80 Å². The summed E-state index contributed by atoms with van der Waals surface area (Å²) < 4.78 is 4.69. The van der Waals surface area contributed by atoms with E-state index in [-0.39, 0.29) is 5.97 Å². The first-order valence-electron chi connectivity index (χ1n) is 7.79. The van der Waals surface area contributed by atoms with E-state index in [9.17, 15) is 4.79 Å². The lowest BCUT2D eigenvalue weighted by Crippen LogP contribution is -2.48. The number of nitrogens with zero attached hydrogens (tertiary/aromatic N) is 2. The minimum atomic E-state index is -0.0929. The summed E-state index contributed by atoms with van der Waals surface area (Å²) in [5.41, 5.74) is 0. The zero-order valence-electron chi connectivity index (χ0n) is 12.3. The first-order valence-corrected chi connectivity index (χ1v) is 7.79. The summed E-state index contributed by atoms with van der Waals surface area (Å²) in [4.78, 5) is 16.1. The van der Waals surface area contributed by atoms with Crippen molar-refractivity contribution in [2.24, 2.45) is 5.92 Å². The van der Waals surface area contributed by atoms with Crippen molar-refractivity contribution in [3.05, 3.63) is 0 Å². The number of carbonyl (C=O) groups excluding carboxylic acids is 1. The van der Waals surface area contributed by atoms with Crippen LogP contribution in [0.25, 0.3) is 0 Å². The SMILES string of the molecule is COC(=O)CCN1CCN(CC2CCCCC2)CC1. The standard InChI is InChI=1S/C15H28N2O2/c1-19-15(18)7-8-16-9-11-17(12-10-16)13-14-5-3-2-4-6-14/h14H,2-13H2,1H3. The molecule has 4 heteroatoms. The normalized spacial score (nSPS) is 23.4. The zero-order valence-corrected chi connectivity index (χ0v) is 12.3. The summed E-state index contributed by atoms with van der Waals surface area (Å²) in [7, 11) is 1.46. The highest BCUT2D eigenvalue weighted by Gasteiger charge is 2.21. The molecule has 1 saturated carbocycles. The summed E-state index contributed by atoms with van der Waals surface area (Å²) in [6, 6.07) is 0. The van der Waals surface area contributed by atoms with Gasteiger partial charge in [0, 0.05) is 39.3 Å². The Bertz CT molecular complexity index is 269. The fraction of sp³-hybridized carbons (Fsp3) is 0.933. The van der Waals surface area contributed by atoms with Gasteiger partial charge in [-0.3, -0.25) is 4.79 Å². The van der Waals surface area contributed by atoms with Crippen molar-refractivity contribution in [1.29, 1.82) is 0 Å². The van der Waals surface area contributed by atoms with Crippen LogP contribution in [0.5, 0.6) is 0 Å². The molecule has 2 aliphatic rings. The Balaban J connectivity index is 1.60. The Hall–Kier alpha value is -0.610. The van der Waals surface area contributed by atoms with Gasteiger partial charge < -0.3 is 14.5 Å². The van der Waals surface area contributed by atoms with Gasteiger partial charge in [-0.15, -0.1) is 0 Å². The lowest BCUT2D eigenvalue weighted by molar-refractivity contribution is -0.141.